The summed E-state index contributed by atoms with van der Waals surface area (Å²) in [6.07, 6.45) is 3.22. The van der Waals surface area contributed by atoms with Crippen LogP contribution in [-0.4, -0.2) is 21.1 Å². The predicted octanol–water partition coefficient (Wildman–Crippen LogP) is 2.69. The molecule has 3 rings (SSSR count). The Kier molecular flexibility index (Phi) is 4.60. The van der Waals surface area contributed by atoms with Gasteiger partial charge in [-0.1, -0.05) is 12.1 Å². The molecule has 6 nitrogen and oxygen atoms in total. The van der Waals surface area contributed by atoms with Crippen LogP contribution in [0, 0.1) is 5.82 Å². The fourth-order valence-electron chi connectivity index (χ4n) is 2.20. The molecule has 0 radical (unpaired) electrons. The van der Waals surface area contributed by atoms with E-state index in [1.165, 1.54) is 12.1 Å². The number of carbonyl (C=O) groups is 1. The van der Waals surface area contributed by atoms with Gasteiger partial charge in [-0.3, -0.25) is 9.78 Å². The first-order valence-corrected chi connectivity index (χ1v) is 7.39. The zero-order valence-electron chi connectivity index (χ0n) is 12.9. The van der Waals surface area contributed by atoms with E-state index < -0.39 is 0 Å². The van der Waals surface area contributed by atoms with Crippen molar-refractivity contribution < 1.29 is 13.6 Å². The van der Waals surface area contributed by atoms with Crippen molar-refractivity contribution in [3.8, 4) is 11.5 Å². The van der Waals surface area contributed by atoms with Gasteiger partial charge in [0.15, 0.2) is 0 Å². The van der Waals surface area contributed by atoms with Crippen molar-refractivity contribution >= 4 is 5.91 Å². The number of amides is 1. The van der Waals surface area contributed by atoms with Gasteiger partial charge in [0.05, 0.1) is 6.04 Å². The summed E-state index contributed by atoms with van der Waals surface area (Å²) in [7, 11) is 0. The lowest BCUT2D eigenvalue weighted by molar-refractivity contribution is -0.121. The highest BCUT2D eigenvalue weighted by molar-refractivity contribution is 5.78. The van der Waals surface area contributed by atoms with Crippen LogP contribution in [0.4, 0.5) is 4.39 Å². The van der Waals surface area contributed by atoms with E-state index in [9.17, 15) is 9.18 Å². The van der Waals surface area contributed by atoms with Crippen molar-refractivity contribution in [2.75, 3.05) is 0 Å². The lowest BCUT2D eigenvalue weighted by atomic mass is 10.1. The number of halogens is 1. The van der Waals surface area contributed by atoms with Gasteiger partial charge in [-0.05, 0) is 36.8 Å². The van der Waals surface area contributed by atoms with Crippen LogP contribution in [-0.2, 0) is 11.2 Å². The minimum Gasteiger partial charge on any atom is -0.420 e. The molecule has 3 aromatic rings. The second-order valence-electron chi connectivity index (χ2n) is 5.25. The molecule has 7 heteroatoms. The Hall–Kier alpha value is -3.09. The fourth-order valence-corrected chi connectivity index (χ4v) is 2.20. The molecular weight excluding hydrogens is 311 g/mol. The van der Waals surface area contributed by atoms with Crippen LogP contribution in [0.2, 0.25) is 0 Å². The zero-order valence-corrected chi connectivity index (χ0v) is 12.9. The maximum Gasteiger partial charge on any atom is 0.247 e. The minimum atomic E-state index is -0.313. The molecule has 1 atom stereocenters. The molecule has 0 spiro atoms. The summed E-state index contributed by atoms with van der Waals surface area (Å²) >= 11 is 0. The summed E-state index contributed by atoms with van der Waals surface area (Å²) in [6.45, 7) is 1.82. The van der Waals surface area contributed by atoms with E-state index in [2.05, 4.69) is 20.5 Å². The first-order valence-electron chi connectivity index (χ1n) is 7.39. The first-order chi connectivity index (χ1) is 11.6. The molecule has 1 amide bonds. The second kappa shape index (κ2) is 6.99. The summed E-state index contributed by atoms with van der Waals surface area (Å²) in [6, 6.07) is 9.22. The molecule has 0 aliphatic rings. The van der Waals surface area contributed by atoms with Crippen molar-refractivity contribution in [3.05, 3.63) is 66.1 Å². The molecule has 1 N–H and O–H groups in total. The summed E-state index contributed by atoms with van der Waals surface area (Å²) in [5.41, 5.74) is 1.55. The van der Waals surface area contributed by atoms with Crippen molar-refractivity contribution in [1.82, 2.24) is 20.5 Å². The number of nitrogens with zero attached hydrogens (tertiary/aromatic N) is 3. The molecular formula is C17H15FN4O2. The van der Waals surface area contributed by atoms with Crippen LogP contribution in [0.5, 0.6) is 0 Å². The number of pyridine rings is 1. The molecule has 0 saturated carbocycles. The van der Waals surface area contributed by atoms with E-state index in [1.807, 2.05) is 6.92 Å². The van der Waals surface area contributed by atoms with Crippen molar-refractivity contribution in [1.29, 1.82) is 0 Å². The Morgan fingerprint density at radius 3 is 2.58 bits per heavy atom. The highest BCUT2D eigenvalue weighted by atomic mass is 19.1. The summed E-state index contributed by atoms with van der Waals surface area (Å²) in [5, 5.41) is 10.6. The van der Waals surface area contributed by atoms with Crippen LogP contribution in [0.1, 0.15) is 24.4 Å². The molecule has 0 aliphatic carbocycles. The molecule has 0 saturated heterocycles. The number of hydrogen-bond acceptors (Lipinski definition) is 5. The Bertz CT molecular complexity index is 818. The molecule has 1 aromatic carbocycles. The normalized spacial score (nSPS) is 11.9. The number of rotatable bonds is 5. The van der Waals surface area contributed by atoms with Crippen LogP contribution in [0.25, 0.3) is 11.5 Å². The van der Waals surface area contributed by atoms with Gasteiger partial charge in [0.2, 0.25) is 17.7 Å². The Morgan fingerprint density at radius 2 is 1.88 bits per heavy atom. The maximum atomic E-state index is 12.9. The van der Waals surface area contributed by atoms with E-state index >= 15 is 0 Å². The average Bonchev–Trinajstić information content (AvgIpc) is 3.04. The van der Waals surface area contributed by atoms with Crippen LogP contribution in [0.15, 0.2) is 53.2 Å². The fraction of sp³-hybridized carbons (Fsp3) is 0.176. The second-order valence-corrected chi connectivity index (χ2v) is 5.25. The molecule has 2 heterocycles. The molecule has 0 unspecified atom stereocenters. The Labute approximate surface area is 137 Å². The summed E-state index contributed by atoms with van der Waals surface area (Å²) in [5.74, 6) is 0.000864. The highest BCUT2D eigenvalue weighted by Gasteiger charge is 2.15. The van der Waals surface area contributed by atoms with Crippen molar-refractivity contribution in [2.45, 2.75) is 19.4 Å². The standard InChI is InChI=1S/C17H15FN4O2/c1-11(12-2-4-14(18)5-3-12)20-15(23)10-16-21-22-17(24-16)13-6-8-19-9-7-13/h2-9,11H,10H2,1H3,(H,20,23)/t11-/m0/s1. The molecule has 0 bridgehead atoms. The molecule has 0 aliphatic heterocycles. The van der Waals surface area contributed by atoms with Gasteiger partial charge in [-0.2, -0.15) is 0 Å². The Balaban J connectivity index is 1.61. The van der Waals surface area contributed by atoms with E-state index in [0.29, 0.717) is 5.89 Å². The number of benzene rings is 1. The predicted molar refractivity (Wildman–Crippen MR) is 84.2 cm³/mol. The lowest BCUT2D eigenvalue weighted by Gasteiger charge is -2.13. The smallest absolute Gasteiger partial charge is 0.247 e. The quantitative estimate of drug-likeness (QED) is 0.779. The van der Waals surface area contributed by atoms with Gasteiger partial charge in [0.25, 0.3) is 0 Å². The SMILES string of the molecule is C[C@H](NC(=O)Cc1nnc(-c2ccncc2)o1)c1ccc(F)cc1. The average molecular weight is 326 g/mol. The topological polar surface area (TPSA) is 80.9 Å². The first kappa shape index (κ1) is 15.8. The Morgan fingerprint density at radius 1 is 1.17 bits per heavy atom. The minimum absolute atomic E-state index is 0.0242. The van der Waals surface area contributed by atoms with E-state index in [4.69, 9.17) is 4.42 Å². The third-order valence-corrected chi connectivity index (χ3v) is 3.45. The third kappa shape index (κ3) is 3.81. The number of hydrogen-bond donors (Lipinski definition) is 1. The number of aromatic nitrogens is 3. The van der Waals surface area contributed by atoms with Gasteiger partial charge in [-0.25, -0.2) is 4.39 Å². The third-order valence-electron chi connectivity index (χ3n) is 3.45. The van der Waals surface area contributed by atoms with Gasteiger partial charge in [0, 0.05) is 18.0 Å². The number of nitrogens with one attached hydrogen (secondary N) is 1. The monoisotopic (exact) mass is 326 g/mol. The van der Waals surface area contributed by atoms with E-state index in [-0.39, 0.29) is 30.1 Å². The highest BCUT2D eigenvalue weighted by Crippen LogP contribution is 2.17. The van der Waals surface area contributed by atoms with Crippen LogP contribution in [0.3, 0.4) is 0 Å². The molecule has 24 heavy (non-hydrogen) atoms. The van der Waals surface area contributed by atoms with E-state index in [1.54, 1.807) is 36.7 Å². The van der Waals surface area contributed by atoms with Crippen LogP contribution < -0.4 is 5.32 Å². The number of carbonyl (C=O) groups excluding carboxylic acids is 1. The maximum absolute atomic E-state index is 12.9. The van der Waals surface area contributed by atoms with Gasteiger partial charge < -0.3 is 9.73 Å². The van der Waals surface area contributed by atoms with Crippen LogP contribution >= 0.6 is 0 Å². The van der Waals surface area contributed by atoms with Crippen molar-refractivity contribution in [2.24, 2.45) is 0 Å². The van der Waals surface area contributed by atoms with Gasteiger partial charge >= 0.3 is 0 Å². The summed E-state index contributed by atoms with van der Waals surface area (Å²) in [4.78, 5) is 16.0. The largest absolute Gasteiger partial charge is 0.420 e. The van der Waals surface area contributed by atoms with Gasteiger partial charge in [-0.15, -0.1) is 10.2 Å². The molecule has 0 fully saturated rings. The summed E-state index contributed by atoms with van der Waals surface area (Å²) < 4.78 is 18.4. The molecule has 122 valence electrons. The lowest BCUT2D eigenvalue weighted by Crippen LogP contribution is -2.28. The van der Waals surface area contributed by atoms with Crippen molar-refractivity contribution in [3.63, 3.8) is 0 Å². The van der Waals surface area contributed by atoms with Gasteiger partial charge in [0.1, 0.15) is 12.2 Å². The zero-order chi connectivity index (χ0) is 16.9. The van der Waals surface area contributed by atoms with E-state index in [0.717, 1.165) is 11.1 Å². The molecule has 2 aromatic heterocycles.